The van der Waals surface area contributed by atoms with Crippen LogP contribution in [0.3, 0.4) is 0 Å². The third-order valence-electron chi connectivity index (χ3n) is 4.49. The highest BCUT2D eigenvalue weighted by Crippen LogP contribution is 2.28. The summed E-state index contributed by atoms with van der Waals surface area (Å²) in [5.74, 6) is 0.0951. The van der Waals surface area contributed by atoms with Crippen LogP contribution in [0.2, 0.25) is 0 Å². The molecule has 0 bridgehead atoms. The van der Waals surface area contributed by atoms with Crippen molar-refractivity contribution >= 4 is 22.6 Å². The first-order valence-electron chi connectivity index (χ1n) is 9.22. The number of anilines is 1. The van der Waals surface area contributed by atoms with Gasteiger partial charge in [-0.05, 0) is 56.4 Å². The number of hydrogen-bond acceptors (Lipinski definition) is 5. The molecule has 1 N–H and O–H groups in total. The van der Waals surface area contributed by atoms with E-state index < -0.39 is 11.5 Å². The Hall–Kier alpha value is -3.38. The van der Waals surface area contributed by atoms with Crippen molar-refractivity contribution in [2.24, 2.45) is 0 Å². The fraction of sp³-hybridized carbons (Fsp3) is 0.217. The molecular formula is C23H24N2O4. The van der Waals surface area contributed by atoms with Crippen molar-refractivity contribution in [2.75, 3.05) is 26.5 Å². The maximum atomic E-state index is 12.7. The Bertz CT molecular complexity index is 1100. The SMILES string of the molecule is C=CCc1c(OC)ccc2cc(C(=O)Nc3ccc(CN(C)C)cc3)c(=O)oc12. The van der Waals surface area contributed by atoms with Crippen LogP contribution >= 0.6 is 0 Å². The van der Waals surface area contributed by atoms with E-state index in [4.69, 9.17) is 9.15 Å². The largest absolute Gasteiger partial charge is 0.496 e. The Morgan fingerprint density at radius 3 is 2.55 bits per heavy atom. The van der Waals surface area contributed by atoms with E-state index >= 15 is 0 Å². The number of carbonyl (C=O) groups excluding carboxylic acids is 1. The lowest BCUT2D eigenvalue weighted by atomic mass is 10.1. The number of nitrogens with zero attached hydrogens (tertiary/aromatic N) is 1. The highest BCUT2D eigenvalue weighted by atomic mass is 16.5. The van der Waals surface area contributed by atoms with Crippen LogP contribution in [-0.4, -0.2) is 32.0 Å². The molecule has 3 aromatic rings. The van der Waals surface area contributed by atoms with Crippen LogP contribution in [0.5, 0.6) is 5.75 Å². The van der Waals surface area contributed by atoms with E-state index in [-0.39, 0.29) is 5.56 Å². The Morgan fingerprint density at radius 1 is 1.21 bits per heavy atom. The molecule has 0 saturated carbocycles. The topological polar surface area (TPSA) is 71.8 Å². The first-order valence-corrected chi connectivity index (χ1v) is 9.22. The van der Waals surface area contributed by atoms with Gasteiger partial charge in [0.15, 0.2) is 0 Å². The summed E-state index contributed by atoms with van der Waals surface area (Å²) in [6.07, 6.45) is 2.19. The van der Waals surface area contributed by atoms with Gasteiger partial charge in [0.2, 0.25) is 0 Å². The predicted molar refractivity (Wildman–Crippen MR) is 115 cm³/mol. The zero-order valence-corrected chi connectivity index (χ0v) is 16.8. The third-order valence-corrected chi connectivity index (χ3v) is 4.49. The number of allylic oxidation sites excluding steroid dienone is 1. The fourth-order valence-corrected chi connectivity index (χ4v) is 3.17. The van der Waals surface area contributed by atoms with Gasteiger partial charge in [-0.1, -0.05) is 18.2 Å². The van der Waals surface area contributed by atoms with Crippen molar-refractivity contribution in [1.29, 1.82) is 0 Å². The molecule has 1 aromatic heterocycles. The average Bonchev–Trinajstić information content (AvgIpc) is 2.69. The van der Waals surface area contributed by atoms with E-state index in [2.05, 4.69) is 16.8 Å². The van der Waals surface area contributed by atoms with Crippen LogP contribution in [0, 0.1) is 0 Å². The van der Waals surface area contributed by atoms with Gasteiger partial charge >= 0.3 is 5.63 Å². The minimum Gasteiger partial charge on any atom is -0.496 e. The van der Waals surface area contributed by atoms with Gasteiger partial charge in [0.1, 0.15) is 16.9 Å². The zero-order valence-electron chi connectivity index (χ0n) is 16.8. The first-order chi connectivity index (χ1) is 13.9. The molecule has 29 heavy (non-hydrogen) atoms. The Balaban J connectivity index is 1.91. The Labute approximate surface area is 169 Å². The van der Waals surface area contributed by atoms with Crippen molar-refractivity contribution in [2.45, 2.75) is 13.0 Å². The van der Waals surface area contributed by atoms with Crippen molar-refractivity contribution in [3.05, 3.63) is 82.2 Å². The molecule has 0 fully saturated rings. The molecule has 0 saturated heterocycles. The molecule has 0 unspecified atom stereocenters. The van der Waals surface area contributed by atoms with Gasteiger partial charge in [0, 0.05) is 23.2 Å². The van der Waals surface area contributed by atoms with Crippen LogP contribution in [0.25, 0.3) is 11.0 Å². The molecule has 0 aliphatic rings. The number of benzene rings is 2. The van der Waals surface area contributed by atoms with Crippen molar-refractivity contribution in [3.63, 3.8) is 0 Å². The number of carbonyl (C=O) groups is 1. The maximum Gasteiger partial charge on any atom is 0.349 e. The maximum absolute atomic E-state index is 12.7. The van der Waals surface area contributed by atoms with Crippen LogP contribution in [0.4, 0.5) is 5.69 Å². The number of hydrogen-bond donors (Lipinski definition) is 1. The van der Waals surface area contributed by atoms with Gasteiger partial charge in [-0.2, -0.15) is 0 Å². The molecule has 1 heterocycles. The Kier molecular flexibility index (Phi) is 6.14. The molecule has 1 amide bonds. The minimum atomic E-state index is -0.696. The van der Waals surface area contributed by atoms with E-state index in [1.54, 1.807) is 31.4 Å². The second-order valence-electron chi connectivity index (χ2n) is 6.99. The zero-order chi connectivity index (χ0) is 21.0. The van der Waals surface area contributed by atoms with Crippen molar-refractivity contribution in [3.8, 4) is 5.75 Å². The average molecular weight is 392 g/mol. The number of amides is 1. The molecule has 6 heteroatoms. The summed E-state index contributed by atoms with van der Waals surface area (Å²) in [5, 5.41) is 3.40. The second-order valence-corrected chi connectivity index (χ2v) is 6.99. The van der Waals surface area contributed by atoms with E-state index in [9.17, 15) is 9.59 Å². The number of rotatable bonds is 7. The van der Waals surface area contributed by atoms with Gasteiger partial charge in [0.25, 0.3) is 5.91 Å². The highest BCUT2D eigenvalue weighted by molar-refractivity contribution is 6.05. The molecule has 0 aliphatic heterocycles. The standard InChI is InChI=1S/C23H24N2O4/c1-5-6-18-20(28-4)12-9-16-13-19(23(27)29-21(16)18)22(26)24-17-10-7-15(8-11-17)14-25(2)3/h5,7-13H,1,6,14H2,2-4H3,(H,24,26). The number of nitrogens with one attached hydrogen (secondary N) is 1. The fourth-order valence-electron chi connectivity index (χ4n) is 3.17. The number of methoxy groups -OCH3 is 1. The number of fused-ring (bicyclic) bond motifs is 1. The Morgan fingerprint density at radius 2 is 1.93 bits per heavy atom. The monoisotopic (exact) mass is 392 g/mol. The lowest BCUT2D eigenvalue weighted by molar-refractivity contribution is 0.102. The molecule has 0 spiro atoms. The number of ether oxygens (including phenoxy) is 1. The van der Waals surface area contributed by atoms with Crippen LogP contribution in [0.1, 0.15) is 21.5 Å². The van der Waals surface area contributed by atoms with Gasteiger partial charge in [0.05, 0.1) is 7.11 Å². The van der Waals surface area contributed by atoms with E-state index in [0.29, 0.717) is 28.8 Å². The normalized spacial score (nSPS) is 10.9. The molecule has 3 rings (SSSR count). The molecular weight excluding hydrogens is 368 g/mol. The highest BCUT2D eigenvalue weighted by Gasteiger charge is 2.17. The summed E-state index contributed by atoms with van der Waals surface area (Å²) in [4.78, 5) is 27.2. The molecule has 6 nitrogen and oxygen atoms in total. The third kappa shape index (κ3) is 4.55. The summed E-state index contributed by atoms with van der Waals surface area (Å²) in [6, 6.07) is 12.6. The molecule has 0 radical (unpaired) electrons. The second kappa shape index (κ2) is 8.75. The van der Waals surface area contributed by atoms with Crippen LogP contribution in [-0.2, 0) is 13.0 Å². The van der Waals surface area contributed by atoms with Crippen LogP contribution in [0.15, 0.2) is 64.3 Å². The van der Waals surface area contributed by atoms with E-state index in [1.165, 1.54) is 0 Å². The smallest absolute Gasteiger partial charge is 0.349 e. The van der Waals surface area contributed by atoms with E-state index in [1.807, 2.05) is 38.4 Å². The summed E-state index contributed by atoms with van der Waals surface area (Å²) < 4.78 is 10.8. The molecule has 0 atom stereocenters. The lowest BCUT2D eigenvalue weighted by Gasteiger charge is -2.11. The lowest BCUT2D eigenvalue weighted by Crippen LogP contribution is -2.21. The summed E-state index contributed by atoms with van der Waals surface area (Å²) in [5.41, 5.74) is 2.11. The minimum absolute atomic E-state index is 0.0513. The summed E-state index contributed by atoms with van der Waals surface area (Å²) >= 11 is 0. The molecule has 150 valence electrons. The van der Waals surface area contributed by atoms with Crippen LogP contribution < -0.4 is 15.7 Å². The van der Waals surface area contributed by atoms with Crippen molar-refractivity contribution in [1.82, 2.24) is 4.90 Å². The quantitative estimate of drug-likeness (QED) is 0.489. The van der Waals surface area contributed by atoms with Crippen molar-refractivity contribution < 1.29 is 13.9 Å². The summed E-state index contributed by atoms with van der Waals surface area (Å²) in [6.45, 7) is 4.54. The van der Waals surface area contributed by atoms with Gasteiger partial charge in [-0.25, -0.2) is 4.79 Å². The first kappa shape index (κ1) is 20.4. The molecule has 2 aromatic carbocycles. The van der Waals surface area contributed by atoms with Gasteiger partial charge in [-0.15, -0.1) is 6.58 Å². The predicted octanol–water partition coefficient (Wildman–Crippen LogP) is 3.84. The van der Waals surface area contributed by atoms with E-state index in [0.717, 1.165) is 17.7 Å². The van der Waals surface area contributed by atoms with Gasteiger partial charge in [-0.3, -0.25) is 4.79 Å². The van der Waals surface area contributed by atoms with Gasteiger partial charge < -0.3 is 19.4 Å². The molecule has 0 aliphatic carbocycles. The summed E-state index contributed by atoms with van der Waals surface area (Å²) in [7, 11) is 5.53.